The molecule has 5 nitrogen and oxygen atoms in total. The molecule has 0 aliphatic carbocycles. The summed E-state index contributed by atoms with van der Waals surface area (Å²) in [6, 6.07) is 2.37. The van der Waals surface area contributed by atoms with Crippen molar-refractivity contribution in [3.63, 3.8) is 0 Å². The first-order valence-corrected chi connectivity index (χ1v) is 7.67. The molecule has 0 bridgehead atoms. The molecule has 114 valence electrons. The number of nitrogens with one attached hydrogen (secondary N) is 1. The number of likely N-dealkylation sites (N-methyl/N-ethyl adjacent to an activating group) is 1. The van der Waals surface area contributed by atoms with E-state index in [1.807, 2.05) is 17.9 Å². The van der Waals surface area contributed by atoms with E-state index >= 15 is 0 Å². The summed E-state index contributed by atoms with van der Waals surface area (Å²) in [5.41, 5.74) is 1.19. The second-order valence-corrected chi connectivity index (χ2v) is 5.72. The van der Waals surface area contributed by atoms with Crippen LogP contribution in [0.4, 0.5) is 0 Å². The van der Waals surface area contributed by atoms with E-state index in [4.69, 9.17) is 4.74 Å². The van der Waals surface area contributed by atoms with Crippen LogP contribution in [0.15, 0.2) is 12.3 Å². The first kappa shape index (κ1) is 15.5. The highest BCUT2D eigenvalue weighted by Gasteiger charge is 2.40. The number of aromatic nitrogens is 2. The molecule has 2 rings (SSSR count). The van der Waals surface area contributed by atoms with Crippen LogP contribution in [0.1, 0.15) is 38.9 Å². The van der Waals surface area contributed by atoms with Gasteiger partial charge in [-0.05, 0) is 26.0 Å². The quantitative estimate of drug-likeness (QED) is 0.859. The minimum absolute atomic E-state index is 0.0636. The summed E-state index contributed by atoms with van der Waals surface area (Å²) >= 11 is 0. The number of morpholine rings is 1. The van der Waals surface area contributed by atoms with Crippen LogP contribution in [0.2, 0.25) is 0 Å². The molecular weight excluding hydrogens is 252 g/mol. The summed E-state index contributed by atoms with van der Waals surface area (Å²) in [7, 11) is 1.98. The predicted octanol–water partition coefficient (Wildman–Crippen LogP) is 1.57. The van der Waals surface area contributed by atoms with Crippen molar-refractivity contribution < 1.29 is 4.74 Å². The van der Waals surface area contributed by atoms with E-state index in [0.29, 0.717) is 0 Å². The van der Waals surface area contributed by atoms with E-state index in [1.54, 1.807) is 0 Å². The SMILES string of the molecule is CCNC(c1ccn(C)n1)C(C)(CC)N1CCOCC1. The number of rotatable bonds is 6. The maximum atomic E-state index is 5.51. The van der Waals surface area contributed by atoms with Gasteiger partial charge in [-0.25, -0.2) is 0 Å². The summed E-state index contributed by atoms with van der Waals surface area (Å²) in [4.78, 5) is 2.55. The van der Waals surface area contributed by atoms with Crippen molar-refractivity contribution in [1.29, 1.82) is 0 Å². The zero-order valence-corrected chi connectivity index (χ0v) is 13.2. The van der Waals surface area contributed by atoms with Crippen molar-refractivity contribution in [2.75, 3.05) is 32.8 Å². The van der Waals surface area contributed by atoms with Crippen molar-refractivity contribution >= 4 is 0 Å². The van der Waals surface area contributed by atoms with Gasteiger partial charge in [-0.1, -0.05) is 13.8 Å². The molecule has 2 heterocycles. The Balaban J connectivity index is 2.27. The Morgan fingerprint density at radius 3 is 2.60 bits per heavy atom. The van der Waals surface area contributed by atoms with Crippen LogP contribution in [-0.4, -0.2) is 53.1 Å². The summed E-state index contributed by atoms with van der Waals surface area (Å²) < 4.78 is 7.39. The Morgan fingerprint density at radius 1 is 1.40 bits per heavy atom. The van der Waals surface area contributed by atoms with Crippen LogP contribution >= 0.6 is 0 Å². The number of aryl methyl sites for hydroxylation is 1. The standard InChI is InChI=1S/C15H28N4O/c1-5-15(3,19-9-11-20-12-10-19)14(16-6-2)13-7-8-18(4)17-13/h7-8,14,16H,5-6,9-12H2,1-4H3. The predicted molar refractivity (Wildman–Crippen MR) is 80.7 cm³/mol. The van der Waals surface area contributed by atoms with Crippen LogP contribution in [0.3, 0.4) is 0 Å². The molecule has 1 N–H and O–H groups in total. The van der Waals surface area contributed by atoms with Crippen molar-refractivity contribution in [3.05, 3.63) is 18.0 Å². The molecule has 0 radical (unpaired) electrons. The van der Waals surface area contributed by atoms with Crippen LogP contribution in [-0.2, 0) is 11.8 Å². The largest absolute Gasteiger partial charge is 0.379 e. The molecule has 1 aliphatic heterocycles. The van der Waals surface area contributed by atoms with Crippen LogP contribution in [0.25, 0.3) is 0 Å². The van der Waals surface area contributed by atoms with Gasteiger partial charge in [0.15, 0.2) is 0 Å². The lowest BCUT2D eigenvalue weighted by atomic mass is 9.84. The second kappa shape index (κ2) is 6.70. The lowest BCUT2D eigenvalue weighted by Crippen LogP contribution is -2.57. The number of hydrogen-bond donors (Lipinski definition) is 1. The third-order valence-electron chi connectivity index (χ3n) is 4.51. The van der Waals surface area contributed by atoms with E-state index in [2.05, 4.69) is 42.2 Å². The van der Waals surface area contributed by atoms with Gasteiger partial charge in [-0.2, -0.15) is 5.10 Å². The lowest BCUT2D eigenvalue weighted by molar-refractivity contribution is -0.0333. The molecule has 20 heavy (non-hydrogen) atoms. The van der Waals surface area contributed by atoms with Crippen LogP contribution < -0.4 is 5.32 Å². The molecule has 5 heteroatoms. The van der Waals surface area contributed by atoms with Gasteiger partial charge in [-0.3, -0.25) is 9.58 Å². The van der Waals surface area contributed by atoms with Crippen molar-refractivity contribution in [3.8, 4) is 0 Å². The van der Waals surface area contributed by atoms with Crippen LogP contribution in [0, 0.1) is 0 Å². The van der Waals surface area contributed by atoms with Gasteiger partial charge in [0, 0.05) is 31.9 Å². The average Bonchev–Trinajstić information content (AvgIpc) is 2.91. The summed E-state index contributed by atoms with van der Waals surface area (Å²) in [6.07, 6.45) is 3.11. The minimum atomic E-state index is 0.0636. The van der Waals surface area contributed by atoms with Gasteiger partial charge >= 0.3 is 0 Å². The highest BCUT2D eigenvalue weighted by atomic mass is 16.5. The fourth-order valence-electron chi connectivity index (χ4n) is 3.12. The Kier molecular flexibility index (Phi) is 5.18. The molecule has 1 fully saturated rings. The van der Waals surface area contributed by atoms with E-state index in [9.17, 15) is 0 Å². The summed E-state index contributed by atoms with van der Waals surface area (Å²) in [5, 5.41) is 8.28. The Hall–Kier alpha value is -0.910. The first-order valence-electron chi connectivity index (χ1n) is 7.67. The van der Waals surface area contributed by atoms with Gasteiger partial charge in [0.2, 0.25) is 0 Å². The molecule has 0 amide bonds. The van der Waals surface area contributed by atoms with Crippen LogP contribution in [0.5, 0.6) is 0 Å². The topological polar surface area (TPSA) is 42.3 Å². The van der Waals surface area contributed by atoms with Crippen molar-refractivity contribution in [2.24, 2.45) is 7.05 Å². The molecule has 0 saturated carbocycles. The van der Waals surface area contributed by atoms with Crippen molar-refractivity contribution in [2.45, 2.75) is 38.8 Å². The molecular formula is C15H28N4O. The van der Waals surface area contributed by atoms with E-state index in [-0.39, 0.29) is 11.6 Å². The van der Waals surface area contributed by atoms with Crippen molar-refractivity contribution in [1.82, 2.24) is 20.0 Å². The fraction of sp³-hybridized carbons (Fsp3) is 0.800. The van der Waals surface area contributed by atoms with Gasteiger partial charge in [0.1, 0.15) is 0 Å². The maximum absolute atomic E-state index is 5.51. The smallest absolute Gasteiger partial charge is 0.0812 e. The summed E-state index contributed by atoms with van der Waals surface area (Å²) in [5.74, 6) is 0. The molecule has 1 aromatic rings. The number of hydrogen-bond acceptors (Lipinski definition) is 4. The zero-order chi connectivity index (χ0) is 14.6. The normalized spacial score (nSPS) is 21.6. The third-order valence-corrected chi connectivity index (χ3v) is 4.51. The molecule has 1 aromatic heterocycles. The monoisotopic (exact) mass is 280 g/mol. The Labute approximate surface area is 122 Å². The van der Waals surface area contributed by atoms with Gasteiger partial charge in [-0.15, -0.1) is 0 Å². The van der Waals surface area contributed by atoms with E-state index in [0.717, 1.165) is 45.0 Å². The molecule has 1 aliphatic rings. The fourth-order valence-corrected chi connectivity index (χ4v) is 3.12. The molecule has 0 aromatic carbocycles. The number of ether oxygens (including phenoxy) is 1. The molecule has 2 unspecified atom stereocenters. The first-order chi connectivity index (χ1) is 9.61. The highest BCUT2D eigenvalue weighted by molar-refractivity contribution is 5.14. The van der Waals surface area contributed by atoms with E-state index in [1.165, 1.54) is 0 Å². The van der Waals surface area contributed by atoms with E-state index < -0.39 is 0 Å². The zero-order valence-electron chi connectivity index (χ0n) is 13.2. The highest BCUT2D eigenvalue weighted by Crippen LogP contribution is 2.34. The third kappa shape index (κ3) is 3.05. The Bertz CT molecular complexity index is 414. The summed E-state index contributed by atoms with van der Waals surface area (Å²) in [6.45, 7) is 11.4. The van der Waals surface area contributed by atoms with Gasteiger partial charge in [0.25, 0.3) is 0 Å². The Morgan fingerprint density at radius 2 is 2.10 bits per heavy atom. The maximum Gasteiger partial charge on any atom is 0.0812 e. The molecule has 0 spiro atoms. The number of nitrogens with zero attached hydrogens (tertiary/aromatic N) is 3. The average molecular weight is 280 g/mol. The molecule has 1 saturated heterocycles. The second-order valence-electron chi connectivity index (χ2n) is 5.72. The van der Waals surface area contributed by atoms with Gasteiger partial charge < -0.3 is 10.1 Å². The lowest BCUT2D eigenvalue weighted by Gasteiger charge is -2.47. The minimum Gasteiger partial charge on any atom is -0.379 e. The molecule has 2 atom stereocenters. The van der Waals surface area contributed by atoms with Gasteiger partial charge in [0.05, 0.1) is 24.9 Å².